The molecule has 0 spiro atoms. The monoisotopic (exact) mass is 435 g/mol. The fraction of sp³-hybridized carbons (Fsp3) is 0.333. The Bertz CT molecular complexity index is 1180. The Hall–Kier alpha value is -2.90. The highest BCUT2D eigenvalue weighted by Gasteiger charge is 2.30. The molecule has 0 saturated carbocycles. The van der Waals surface area contributed by atoms with Crippen LogP contribution in [0.2, 0.25) is 0 Å². The number of hydrogen-bond acceptors (Lipinski definition) is 7. The van der Waals surface area contributed by atoms with Crippen molar-refractivity contribution in [3.63, 3.8) is 0 Å². The second-order valence-corrected chi connectivity index (χ2v) is 8.77. The van der Waals surface area contributed by atoms with Crippen LogP contribution in [0.25, 0.3) is 21.7 Å². The van der Waals surface area contributed by atoms with Crippen molar-refractivity contribution in [2.24, 2.45) is 0 Å². The lowest BCUT2D eigenvalue weighted by atomic mass is 10.2. The fourth-order valence-electron chi connectivity index (χ4n) is 4.27. The number of ether oxygens (including phenoxy) is 2. The van der Waals surface area contributed by atoms with Crippen LogP contribution in [0.3, 0.4) is 0 Å². The molecule has 1 aliphatic rings. The quantitative estimate of drug-likeness (QED) is 0.392. The van der Waals surface area contributed by atoms with Crippen LogP contribution in [0.5, 0.6) is 11.5 Å². The topological polar surface area (TPSA) is 60.6 Å². The zero-order valence-electron chi connectivity index (χ0n) is 17.9. The molecule has 0 radical (unpaired) electrons. The molecule has 0 amide bonds. The molecular weight excluding hydrogens is 410 g/mol. The van der Waals surface area contributed by atoms with Gasteiger partial charge in [-0.1, -0.05) is 18.2 Å². The van der Waals surface area contributed by atoms with Gasteiger partial charge in [0.25, 0.3) is 0 Å². The molecule has 2 aromatic carbocycles. The number of rotatable bonds is 6. The molecule has 1 saturated heterocycles. The Morgan fingerprint density at radius 2 is 1.97 bits per heavy atom. The molecule has 3 heterocycles. The minimum atomic E-state index is 0.323. The number of methoxy groups -OCH3 is 2. The highest BCUT2D eigenvalue weighted by Crippen LogP contribution is 2.40. The number of fused-ring (bicyclic) bond motifs is 1. The smallest absolute Gasteiger partial charge is 0.230 e. The second-order valence-electron chi connectivity index (χ2n) is 7.71. The van der Waals surface area contributed by atoms with Crippen molar-refractivity contribution >= 4 is 21.6 Å². The largest absolute Gasteiger partial charge is 0.493 e. The van der Waals surface area contributed by atoms with Crippen molar-refractivity contribution < 1.29 is 13.9 Å². The molecule has 1 fully saturated rings. The summed E-state index contributed by atoms with van der Waals surface area (Å²) in [4.78, 5) is 12.2. The first-order valence-electron chi connectivity index (χ1n) is 10.4. The van der Waals surface area contributed by atoms with E-state index in [4.69, 9.17) is 23.9 Å². The normalized spacial score (nSPS) is 16.8. The van der Waals surface area contributed by atoms with Crippen molar-refractivity contribution in [2.75, 3.05) is 20.8 Å². The number of benzene rings is 2. The van der Waals surface area contributed by atoms with E-state index in [1.165, 1.54) is 9.71 Å². The van der Waals surface area contributed by atoms with E-state index >= 15 is 0 Å². The van der Waals surface area contributed by atoms with Gasteiger partial charge in [0.15, 0.2) is 11.5 Å². The lowest BCUT2D eigenvalue weighted by Crippen LogP contribution is -2.23. The average Bonchev–Trinajstić information content (AvgIpc) is 3.51. The molecule has 31 heavy (non-hydrogen) atoms. The molecule has 5 rings (SSSR count). The van der Waals surface area contributed by atoms with E-state index < -0.39 is 0 Å². The van der Waals surface area contributed by atoms with Gasteiger partial charge < -0.3 is 13.9 Å². The second kappa shape index (κ2) is 8.32. The van der Waals surface area contributed by atoms with Crippen LogP contribution >= 0.6 is 11.3 Å². The number of aromatic nitrogens is 2. The Morgan fingerprint density at radius 3 is 2.77 bits per heavy atom. The number of nitrogens with zero attached hydrogens (tertiary/aromatic N) is 3. The lowest BCUT2D eigenvalue weighted by molar-refractivity contribution is 0.244. The molecule has 6 nitrogen and oxygen atoms in total. The number of aryl methyl sites for hydroxylation is 1. The summed E-state index contributed by atoms with van der Waals surface area (Å²) >= 11 is 1.80. The third-order valence-corrected chi connectivity index (χ3v) is 6.98. The number of para-hydroxylation sites is 2. The van der Waals surface area contributed by atoms with Crippen LogP contribution in [-0.4, -0.2) is 35.6 Å². The predicted molar refractivity (Wildman–Crippen MR) is 122 cm³/mol. The van der Waals surface area contributed by atoms with Crippen LogP contribution in [0.4, 0.5) is 0 Å². The van der Waals surface area contributed by atoms with E-state index in [1.807, 2.05) is 31.2 Å². The van der Waals surface area contributed by atoms with Gasteiger partial charge in [0.2, 0.25) is 5.89 Å². The number of likely N-dealkylation sites (tertiary alicyclic amines) is 1. The van der Waals surface area contributed by atoms with Gasteiger partial charge in [-0.25, -0.2) is 9.97 Å². The van der Waals surface area contributed by atoms with E-state index in [0.29, 0.717) is 23.4 Å². The molecular formula is C24H25N3O3S. The fourth-order valence-corrected chi connectivity index (χ4v) is 5.40. The summed E-state index contributed by atoms with van der Waals surface area (Å²) in [6.07, 6.45) is 2.28. The Balaban J connectivity index is 1.42. The molecule has 0 N–H and O–H groups in total. The molecule has 4 aromatic rings. The van der Waals surface area contributed by atoms with E-state index in [-0.39, 0.29) is 0 Å². The third kappa shape index (κ3) is 3.68. The third-order valence-electron chi connectivity index (χ3n) is 5.84. The standard InChI is InChI=1S/C24H25N3O3S/c1-15-18(25-23(30-15)16-8-6-11-20(28-2)22(16)29-3)14-27-13-7-10-19(27)24-26-17-9-4-5-12-21(17)31-24/h4-6,8-9,11-12,19H,7,10,13-14H2,1-3H3. The summed E-state index contributed by atoms with van der Waals surface area (Å²) in [5, 5.41) is 1.19. The first-order valence-corrected chi connectivity index (χ1v) is 11.3. The van der Waals surface area contributed by atoms with Gasteiger partial charge >= 0.3 is 0 Å². The van der Waals surface area contributed by atoms with E-state index in [0.717, 1.165) is 48.5 Å². The molecule has 1 atom stereocenters. The minimum absolute atomic E-state index is 0.323. The zero-order chi connectivity index (χ0) is 21.4. The molecule has 160 valence electrons. The summed E-state index contributed by atoms with van der Waals surface area (Å²) < 4.78 is 18.3. The van der Waals surface area contributed by atoms with Crippen LogP contribution in [0, 0.1) is 6.92 Å². The van der Waals surface area contributed by atoms with Crippen LogP contribution in [-0.2, 0) is 6.54 Å². The summed E-state index contributed by atoms with van der Waals surface area (Å²) in [6.45, 7) is 3.74. The predicted octanol–water partition coefficient (Wildman–Crippen LogP) is 5.61. The van der Waals surface area contributed by atoms with Crippen LogP contribution < -0.4 is 9.47 Å². The van der Waals surface area contributed by atoms with Crippen molar-refractivity contribution in [2.45, 2.75) is 32.4 Å². The summed E-state index contributed by atoms with van der Waals surface area (Å²) in [6, 6.07) is 14.4. The van der Waals surface area contributed by atoms with Gasteiger partial charge in [-0.3, -0.25) is 4.90 Å². The highest BCUT2D eigenvalue weighted by atomic mass is 32.1. The van der Waals surface area contributed by atoms with Crippen molar-refractivity contribution in [3.8, 4) is 23.0 Å². The van der Waals surface area contributed by atoms with Gasteiger partial charge in [0.05, 0.1) is 41.7 Å². The number of hydrogen-bond donors (Lipinski definition) is 0. The summed E-state index contributed by atoms with van der Waals surface area (Å²) in [7, 11) is 3.26. The van der Waals surface area contributed by atoms with E-state index in [2.05, 4.69) is 23.1 Å². The van der Waals surface area contributed by atoms with Crippen molar-refractivity contribution in [1.29, 1.82) is 0 Å². The van der Waals surface area contributed by atoms with Crippen molar-refractivity contribution in [3.05, 3.63) is 58.9 Å². The van der Waals surface area contributed by atoms with Crippen LogP contribution in [0.1, 0.15) is 35.3 Å². The van der Waals surface area contributed by atoms with Gasteiger partial charge in [0, 0.05) is 6.54 Å². The summed E-state index contributed by atoms with van der Waals surface area (Å²) in [5.74, 6) is 2.67. The Labute approximate surface area is 185 Å². The highest BCUT2D eigenvalue weighted by molar-refractivity contribution is 7.18. The maximum atomic E-state index is 6.06. The van der Waals surface area contributed by atoms with Crippen molar-refractivity contribution in [1.82, 2.24) is 14.9 Å². The average molecular weight is 436 g/mol. The zero-order valence-corrected chi connectivity index (χ0v) is 18.7. The lowest BCUT2D eigenvalue weighted by Gasteiger charge is -2.21. The Morgan fingerprint density at radius 1 is 1.10 bits per heavy atom. The first-order chi connectivity index (χ1) is 15.2. The van der Waals surface area contributed by atoms with E-state index in [1.54, 1.807) is 25.6 Å². The maximum Gasteiger partial charge on any atom is 0.230 e. The number of thiazole rings is 1. The SMILES string of the molecule is COc1cccc(-c2nc(CN3CCCC3c3nc4ccccc4s3)c(C)o2)c1OC. The van der Waals surface area contributed by atoms with Gasteiger partial charge in [0.1, 0.15) is 10.8 Å². The maximum absolute atomic E-state index is 6.06. The summed E-state index contributed by atoms with van der Waals surface area (Å²) in [5.41, 5.74) is 2.83. The number of oxazole rings is 1. The molecule has 7 heteroatoms. The molecule has 1 aliphatic heterocycles. The van der Waals surface area contributed by atoms with Gasteiger partial charge in [-0.05, 0) is 50.6 Å². The Kier molecular flexibility index (Phi) is 5.38. The van der Waals surface area contributed by atoms with Gasteiger partial charge in [-0.2, -0.15) is 0 Å². The molecule has 0 aliphatic carbocycles. The van der Waals surface area contributed by atoms with Crippen LogP contribution in [0.15, 0.2) is 46.9 Å². The molecule has 0 bridgehead atoms. The van der Waals surface area contributed by atoms with Gasteiger partial charge in [-0.15, -0.1) is 11.3 Å². The first kappa shape index (κ1) is 20.0. The minimum Gasteiger partial charge on any atom is -0.493 e. The molecule has 2 aromatic heterocycles. The van der Waals surface area contributed by atoms with E-state index in [9.17, 15) is 0 Å². The molecule has 1 unspecified atom stereocenters.